The fourth-order valence-corrected chi connectivity index (χ4v) is 7.81. The third kappa shape index (κ3) is 58.6. The average Bonchev–Trinajstić information content (AvgIpc) is 1.76. The minimum atomic E-state index is -0.351. The van der Waals surface area contributed by atoms with E-state index in [1.54, 1.807) is 36.4 Å². The Balaban J connectivity index is -0.000000985. The third-order valence-corrected chi connectivity index (χ3v) is 13.7. The molecule has 0 radical (unpaired) electrons. The highest BCUT2D eigenvalue weighted by Crippen LogP contribution is 2.23. The van der Waals surface area contributed by atoms with Crippen LogP contribution in [0.4, 0.5) is 13.2 Å². The molecule has 0 heterocycles. The molecule has 524 valence electrons. The lowest BCUT2D eigenvalue weighted by atomic mass is 10.0. The van der Waals surface area contributed by atoms with Gasteiger partial charge in [0.15, 0.2) is 0 Å². The molecule has 0 saturated heterocycles. The lowest BCUT2D eigenvalue weighted by Gasteiger charge is -2.14. The van der Waals surface area contributed by atoms with Crippen LogP contribution in [-0.2, 0) is 43.3 Å². The van der Waals surface area contributed by atoms with Crippen LogP contribution in [0.5, 0.6) is 0 Å². The Kier molecular flexibility index (Phi) is 58.7. The molecule has 0 saturated carbocycles. The summed E-state index contributed by atoms with van der Waals surface area (Å²) in [6.07, 6.45) is 13.6. The van der Waals surface area contributed by atoms with E-state index < -0.39 is 0 Å². The molecule has 6 aromatic rings. The molecule has 0 spiro atoms. The zero-order valence-corrected chi connectivity index (χ0v) is 63.8. The van der Waals surface area contributed by atoms with Gasteiger partial charge in [0.2, 0.25) is 0 Å². The molecule has 0 aliphatic carbocycles. The van der Waals surface area contributed by atoms with Gasteiger partial charge in [0.05, 0.1) is 55.4 Å². The van der Waals surface area contributed by atoms with Crippen LogP contribution in [0, 0.1) is 35.2 Å². The third-order valence-electron chi connectivity index (χ3n) is 12.6. The fourth-order valence-electron chi connectivity index (χ4n) is 6.99. The number of ether oxygens (including phenoxy) is 5. The molecule has 0 aliphatic rings. The van der Waals surface area contributed by atoms with Crippen molar-refractivity contribution in [2.24, 2.45) is 17.8 Å². The number of allylic oxidation sites excluding steroid dienone is 1. The summed E-state index contributed by atoms with van der Waals surface area (Å²) in [5.41, 5.74) is 6.68. The van der Waals surface area contributed by atoms with Gasteiger partial charge in [0.25, 0.3) is 0 Å². The molecule has 5 nitrogen and oxygen atoms in total. The van der Waals surface area contributed by atoms with Crippen LogP contribution in [-0.4, -0.2) is 50.3 Å². The summed E-state index contributed by atoms with van der Waals surface area (Å²) in [6.45, 7) is 51.0. The van der Waals surface area contributed by atoms with Crippen LogP contribution >= 0.6 is 46.4 Å². The van der Waals surface area contributed by atoms with Crippen LogP contribution in [0.3, 0.4) is 0 Å². The molecule has 12 heteroatoms. The van der Waals surface area contributed by atoms with E-state index in [9.17, 15) is 13.2 Å². The Labute approximate surface area is 585 Å². The van der Waals surface area contributed by atoms with E-state index in [1.807, 2.05) is 124 Å². The number of halogens is 7. The van der Waals surface area contributed by atoms with E-state index in [0.29, 0.717) is 60.9 Å². The van der Waals surface area contributed by atoms with Crippen molar-refractivity contribution in [3.63, 3.8) is 0 Å². The molecule has 0 atom stereocenters. The van der Waals surface area contributed by atoms with Gasteiger partial charge in [-0.2, -0.15) is 0 Å². The zero-order valence-electron chi connectivity index (χ0n) is 60.7. The van der Waals surface area contributed by atoms with Crippen molar-refractivity contribution in [2.75, 3.05) is 19.8 Å². The summed E-state index contributed by atoms with van der Waals surface area (Å²) in [4.78, 5) is 0. The Morgan fingerprint density at radius 3 is 1.44 bits per heavy atom. The summed E-state index contributed by atoms with van der Waals surface area (Å²) in [5.74, 6) is 2.04. The summed E-state index contributed by atoms with van der Waals surface area (Å²) in [5, 5.41) is 2.21. The fraction of sp³-hybridized carbons (Fsp3) is 0.506. The van der Waals surface area contributed by atoms with Gasteiger partial charge in [-0.25, -0.2) is 13.2 Å². The second-order valence-electron chi connectivity index (χ2n) is 24.9. The van der Waals surface area contributed by atoms with Gasteiger partial charge in [-0.1, -0.05) is 232 Å². The monoisotopic (exact) mass is 1370 g/mol. The summed E-state index contributed by atoms with van der Waals surface area (Å²) in [6, 6.07) is 42.1. The summed E-state index contributed by atoms with van der Waals surface area (Å²) in [7, 11) is 0. The molecule has 0 bridgehead atoms. The first kappa shape index (κ1) is 92.7. The van der Waals surface area contributed by atoms with E-state index >= 15 is 0 Å². The Hall–Kier alpha value is -4.45. The topological polar surface area (TPSA) is 46.2 Å². The molecule has 93 heavy (non-hydrogen) atoms. The first-order valence-corrected chi connectivity index (χ1v) is 34.9. The van der Waals surface area contributed by atoms with Gasteiger partial charge in [0.1, 0.15) is 17.5 Å². The van der Waals surface area contributed by atoms with Crippen LogP contribution in [0.2, 0.25) is 20.1 Å². The van der Waals surface area contributed by atoms with E-state index in [2.05, 4.69) is 119 Å². The van der Waals surface area contributed by atoms with Crippen molar-refractivity contribution in [1.82, 2.24) is 0 Å². The molecule has 0 aromatic heterocycles. The molecule has 6 aromatic carbocycles. The van der Waals surface area contributed by atoms with Crippen molar-refractivity contribution < 1.29 is 36.9 Å². The average molecular weight is 1370 g/mol. The number of aryl methyl sites for hydroxylation is 1. The smallest absolute Gasteiger partial charge is 0.141 e. The SMILES string of the molecule is C=CCOC(C)C.CC(C)/C=C/c1ccc(F)cc1.CC(C)CCc1ccccc1.CC(C)OCc1cccc(Cl)c1.CC(C)OCc1ccccc1Cl.CC(C)c1cc(F)cc(Cl)c1.CC(C)c1ccc(F)c(Cl)c1.CCC(CC)COC(C)C.CCCOC(C)C. The Morgan fingerprint density at radius 2 is 1.00 bits per heavy atom. The van der Waals surface area contributed by atoms with Crippen molar-refractivity contribution in [1.29, 1.82) is 0 Å². The van der Waals surface area contributed by atoms with Gasteiger partial charge in [0, 0.05) is 28.3 Å². The highest BCUT2D eigenvalue weighted by atomic mass is 35.5. The lowest BCUT2D eigenvalue weighted by molar-refractivity contribution is 0.0492. The number of benzene rings is 6. The van der Waals surface area contributed by atoms with Gasteiger partial charge >= 0.3 is 0 Å². The van der Waals surface area contributed by atoms with E-state index in [-0.39, 0.29) is 34.7 Å². The molecule has 0 N–H and O–H groups in total. The summed E-state index contributed by atoms with van der Waals surface area (Å²) < 4.78 is 64.4. The molecule has 0 amide bonds. The van der Waals surface area contributed by atoms with Gasteiger partial charge in [-0.3, -0.25) is 0 Å². The second kappa shape index (κ2) is 58.9. The Morgan fingerprint density at radius 1 is 0.462 bits per heavy atom. The Bertz CT molecular complexity index is 2710. The van der Waals surface area contributed by atoms with Crippen LogP contribution in [0.25, 0.3) is 6.08 Å². The molecular formula is C81H121Cl4F3O5. The number of rotatable bonds is 24. The highest BCUT2D eigenvalue weighted by Gasteiger charge is 2.06. The minimum absolute atomic E-state index is 0.184. The van der Waals surface area contributed by atoms with Gasteiger partial charge in [-0.05, 0) is 212 Å². The molecule has 0 fully saturated rings. The first-order valence-electron chi connectivity index (χ1n) is 33.4. The quantitative estimate of drug-likeness (QED) is 0.0565. The van der Waals surface area contributed by atoms with Crippen molar-refractivity contribution in [2.45, 2.75) is 233 Å². The molecular weight excluding hydrogens is 1250 g/mol. The highest BCUT2D eigenvalue weighted by molar-refractivity contribution is 6.31. The number of hydrogen-bond donors (Lipinski definition) is 0. The maximum absolute atomic E-state index is 12.7. The molecule has 0 unspecified atom stereocenters. The van der Waals surface area contributed by atoms with Crippen molar-refractivity contribution in [3.05, 3.63) is 229 Å². The first-order chi connectivity index (χ1) is 43.8. The minimum Gasteiger partial charge on any atom is -0.379 e. The predicted molar refractivity (Wildman–Crippen MR) is 401 cm³/mol. The van der Waals surface area contributed by atoms with Crippen LogP contribution in [0.1, 0.15) is 216 Å². The van der Waals surface area contributed by atoms with Crippen molar-refractivity contribution >= 4 is 52.5 Å². The second-order valence-corrected chi connectivity index (χ2v) is 26.5. The van der Waals surface area contributed by atoms with Gasteiger partial charge < -0.3 is 23.7 Å². The van der Waals surface area contributed by atoms with Crippen LogP contribution < -0.4 is 0 Å². The molecule has 0 aliphatic heterocycles. The van der Waals surface area contributed by atoms with E-state index in [1.165, 1.54) is 61.6 Å². The summed E-state index contributed by atoms with van der Waals surface area (Å²) >= 11 is 23.0. The zero-order chi connectivity index (χ0) is 71.3. The van der Waals surface area contributed by atoms with E-state index in [4.69, 9.17) is 70.1 Å². The predicted octanol–water partition coefficient (Wildman–Crippen LogP) is 26.8. The number of hydrogen-bond acceptors (Lipinski definition) is 5. The molecule has 6 rings (SSSR count). The lowest BCUT2D eigenvalue weighted by Crippen LogP contribution is -2.12. The maximum Gasteiger partial charge on any atom is 0.141 e. The normalized spacial score (nSPS) is 10.7. The largest absolute Gasteiger partial charge is 0.379 e. The van der Waals surface area contributed by atoms with Crippen molar-refractivity contribution in [3.8, 4) is 0 Å². The van der Waals surface area contributed by atoms with Gasteiger partial charge in [-0.15, -0.1) is 6.58 Å². The standard InChI is InChI=1S/C11H13F.C11H16.2C10H13ClO.2C9H10ClF.C9H20O.C6H14O.C6H12O/c1-9(2)3-4-10-5-7-11(12)8-6-10;1-10(2)8-9-11-6-4-3-5-7-11;1-8(2)12-7-9-4-3-5-10(11)6-9;1-8(2)12-7-9-5-3-4-6-10(9)11;1-6(2)7-3-8(10)5-9(11)4-7;1-6(2)7-3-4-9(11)8(10)5-7;1-5-9(6-2)7-10-8(3)4;2*1-4-5-7-6(2)3/h3-9H,1-2H3;3-7,10H,8-9H2,1-2H3;2*3-6,8H,7H2,1-2H3;2*3-6H,1-2H3;8-9H,5-7H2,1-4H3;6H,4-5H2,1-3H3;4,6H,1,5H2,2-3H3/b4-3+;;;;;;;;. The van der Waals surface area contributed by atoms with Crippen LogP contribution in [0.15, 0.2) is 158 Å². The maximum atomic E-state index is 12.7. The van der Waals surface area contributed by atoms with E-state index in [0.717, 1.165) is 69.3 Å².